The van der Waals surface area contributed by atoms with Gasteiger partial charge >= 0.3 is 5.97 Å². The van der Waals surface area contributed by atoms with Crippen LogP contribution in [0.15, 0.2) is 48.5 Å². The van der Waals surface area contributed by atoms with E-state index in [4.69, 9.17) is 24.6 Å². The van der Waals surface area contributed by atoms with Crippen LogP contribution in [0.2, 0.25) is 0 Å². The molecule has 1 saturated heterocycles. The Hall–Kier alpha value is -2.79. The maximum atomic E-state index is 13.6. The molecule has 34 heavy (non-hydrogen) atoms. The van der Waals surface area contributed by atoms with Crippen LogP contribution in [0.25, 0.3) is 0 Å². The number of aliphatic carboxylic acids is 1. The summed E-state index contributed by atoms with van der Waals surface area (Å²) in [5, 5.41) is 17.7. The Balaban J connectivity index is 1.41. The Morgan fingerprint density at radius 2 is 1.91 bits per heavy atom. The first-order valence-electron chi connectivity index (χ1n) is 11.8. The van der Waals surface area contributed by atoms with Crippen molar-refractivity contribution >= 4 is 5.97 Å². The lowest BCUT2D eigenvalue weighted by Crippen LogP contribution is -2.41. The van der Waals surface area contributed by atoms with Crippen molar-refractivity contribution in [3.05, 3.63) is 71.0 Å². The molecule has 1 aliphatic carbocycles. The van der Waals surface area contributed by atoms with E-state index in [2.05, 4.69) is 6.07 Å². The largest absolute Gasteiger partial charge is 0.480 e. The van der Waals surface area contributed by atoms with Crippen molar-refractivity contribution in [1.82, 2.24) is 0 Å². The predicted octanol–water partition coefficient (Wildman–Crippen LogP) is 4.46. The number of benzene rings is 2. The van der Waals surface area contributed by atoms with E-state index in [1.807, 2.05) is 24.3 Å². The van der Waals surface area contributed by atoms with Crippen molar-refractivity contribution in [3.63, 3.8) is 0 Å². The summed E-state index contributed by atoms with van der Waals surface area (Å²) in [7, 11) is 0. The van der Waals surface area contributed by atoms with Crippen molar-refractivity contribution in [3.8, 4) is 6.07 Å². The first-order chi connectivity index (χ1) is 16.5. The highest BCUT2D eigenvalue weighted by atomic mass is 19.1. The Kier molecular flexibility index (Phi) is 7.94. The molecule has 0 radical (unpaired) electrons. The number of halogens is 1. The first kappa shape index (κ1) is 24.3. The molecule has 1 N–H and O–H groups in total. The highest BCUT2D eigenvalue weighted by Gasteiger charge is 2.59. The number of nitrogens with zero attached hydrogens (tertiary/aromatic N) is 1. The van der Waals surface area contributed by atoms with Crippen LogP contribution in [0, 0.1) is 29.0 Å². The summed E-state index contributed by atoms with van der Waals surface area (Å²) in [6, 6.07) is 16.3. The first-order valence-corrected chi connectivity index (χ1v) is 11.8. The van der Waals surface area contributed by atoms with Gasteiger partial charge in [-0.1, -0.05) is 30.7 Å². The second-order valence-corrected chi connectivity index (χ2v) is 9.25. The van der Waals surface area contributed by atoms with E-state index < -0.39 is 5.97 Å². The van der Waals surface area contributed by atoms with E-state index in [9.17, 15) is 9.18 Å². The van der Waals surface area contributed by atoms with Gasteiger partial charge in [-0.25, -0.2) is 9.18 Å². The van der Waals surface area contributed by atoms with Crippen LogP contribution < -0.4 is 0 Å². The normalized spacial score (nSPS) is 25.4. The van der Waals surface area contributed by atoms with Crippen molar-refractivity contribution < 1.29 is 28.5 Å². The average molecular weight is 468 g/mol. The summed E-state index contributed by atoms with van der Waals surface area (Å²) in [5.41, 5.74) is 2.59. The summed E-state index contributed by atoms with van der Waals surface area (Å²) in [4.78, 5) is 10.6. The molecule has 6 nitrogen and oxygen atoms in total. The maximum absolute atomic E-state index is 13.6. The third-order valence-electron chi connectivity index (χ3n) is 7.19. The van der Waals surface area contributed by atoms with Gasteiger partial charge in [0.15, 0.2) is 0 Å². The summed E-state index contributed by atoms with van der Waals surface area (Å²) in [6.45, 7) is 1.80. The molecule has 0 spiro atoms. The molecule has 4 atom stereocenters. The molecular formula is C27H30FNO5. The third-order valence-corrected chi connectivity index (χ3v) is 7.19. The number of carbonyl (C=O) groups is 1. The molecule has 4 rings (SSSR count). The number of nitriles is 1. The number of unbranched alkanes of at least 4 members (excludes halogenated alkanes) is 1. The van der Waals surface area contributed by atoms with E-state index >= 15 is 0 Å². The summed E-state index contributed by atoms with van der Waals surface area (Å²) >= 11 is 0. The minimum atomic E-state index is -0.958. The van der Waals surface area contributed by atoms with Gasteiger partial charge in [0.05, 0.1) is 37.6 Å². The van der Waals surface area contributed by atoms with Crippen molar-refractivity contribution in [2.45, 2.75) is 43.8 Å². The molecule has 7 heteroatoms. The molecule has 2 aliphatic rings. The Morgan fingerprint density at radius 3 is 2.62 bits per heavy atom. The van der Waals surface area contributed by atoms with Gasteiger partial charge in [-0.3, -0.25) is 0 Å². The van der Waals surface area contributed by atoms with Crippen molar-refractivity contribution in [2.75, 3.05) is 26.4 Å². The summed E-state index contributed by atoms with van der Waals surface area (Å²) < 4.78 is 31.1. The molecule has 2 fully saturated rings. The monoisotopic (exact) mass is 467 g/mol. The van der Waals surface area contributed by atoms with E-state index in [1.54, 1.807) is 12.1 Å². The minimum absolute atomic E-state index is 0.0966. The molecular weight excluding hydrogens is 437 g/mol. The fraction of sp³-hybridized carbons (Fsp3) is 0.481. The van der Waals surface area contributed by atoms with Crippen LogP contribution in [0.5, 0.6) is 0 Å². The van der Waals surface area contributed by atoms with Crippen LogP contribution in [-0.4, -0.2) is 43.6 Å². The Morgan fingerprint density at radius 1 is 1.15 bits per heavy atom. The van der Waals surface area contributed by atoms with Crippen molar-refractivity contribution in [2.24, 2.45) is 11.8 Å². The van der Waals surface area contributed by atoms with Crippen molar-refractivity contribution in [1.29, 1.82) is 5.26 Å². The number of hydrogen-bond donors (Lipinski definition) is 1. The number of ether oxygens (including phenoxy) is 3. The lowest BCUT2D eigenvalue weighted by Gasteiger charge is -2.39. The molecule has 0 amide bonds. The standard InChI is InChI=1S/C27H30FNO5/c28-22-10-8-21(9-11-22)27-13-25(34-18-27)23(24(27)3-1-2-12-32-17-26(30)31)16-33-15-20-6-4-19(14-29)5-7-20/h4-11,23-25H,1-3,12-13,15-18H2,(H,30,31)/t23-,24-,25-,27-/m0/s1. The number of carboxylic acids is 1. The van der Waals surface area contributed by atoms with E-state index in [1.165, 1.54) is 12.1 Å². The second kappa shape index (κ2) is 11.1. The zero-order valence-electron chi connectivity index (χ0n) is 19.1. The SMILES string of the molecule is N#Cc1ccc(COC[C@@H]2[C@@H]3C[C@@](c4ccc(F)cc4)(CO3)[C@H]2CCCCOCC(=O)O)cc1. The Labute approximate surface area is 199 Å². The van der Waals surface area contributed by atoms with Gasteiger partial charge in [-0.2, -0.15) is 5.26 Å². The lowest BCUT2D eigenvalue weighted by molar-refractivity contribution is -0.142. The molecule has 2 aromatic carbocycles. The maximum Gasteiger partial charge on any atom is 0.329 e. The highest BCUT2D eigenvalue weighted by Crippen LogP contribution is 2.56. The minimum Gasteiger partial charge on any atom is -0.480 e. The quantitative estimate of drug-likeness (QED) is 0.464. The molecule has 1 aliphatic heterocycles. The second-order valence-electron chi connectivity index (χ2n) is 9.25. The zero-order valence-corrected chi connectivity index (χ0v) is 19.1. The van der Waals surface area contributed by atoms with E-state index in [-0.39, 0.29) is 29.9 Å². The van der Waals surface area contributed by atoms with Gasteiger partial charge in [0, 0.05) is 17.9 Å². The molecule has 1 saturated carbocycles. The van der Waals surface area contributed by atoms with Gasteiger partial charge in [-0.15, -0.1) is 0 Å². The highest BCUT2D eigenvalue weighted by molar-refractivity contribution is 5.67. The smallest absolute Gasteiger partial charge is 0.329 e. The fourth-order valence-electron chi connectivity index (χ4n) is 5.56. The average Bonchev–Trinajstić information content (AvgIpc) is 3.40. The molecule has 2 bridgehead atoms. The van der Waals surface area contributed by atoms with Gasteiger partial charge in [0.2, 0.25) is 0 Å². The Bertz CT molecular complexity index is 1000. The number of rotatable bonds is 12. The molecule has 0 unspecified atom stereocenters. The van der Waals surface area contributed by atoms with Crippen LogP contribution >= 0.6 is 0 Å². The predicted molar refractivity (Wildman–Crippen MR) is 123 cm³/mol. The third kappa shape index (κ3) is 5.47. The van der Waals surface area contributed by atoms with Crippen LogP contribution in [0.1, 0.15) is 42.4 Å². The van der Waals surface area contributed by atoms with Crippen LogP contribution in [0.4, 0.5) is 4.39 Å². The van der Waals surface area contributed by atoms with E-state index in [0.29, 0.717) is 37.9 Å². The molecule has 2 aromatic rings. The molecule has 0 aromatic heterocycles. The van der Waals surface area contributed by atoms with Gasteiger partial charge in [-0.05, 0) is 60.6 Å². The number of hydrogen-bond acceptors (Lipinski definition) is 5. The molecule has 180 valence electrons. The van der Waals surface area contributed by atoms with Gasteiger partial charge in [0.1, 0.15) is 12.4 Å². The number of fused-ring (bicyclic) bond motifs is 2. The van der Waals surface area contributed by atoms with Gasteiger partial charge in [0.25, 0.3) is 0 Å². The molecule has 1 heterocycles. The topological polar surface area (TPSA) is 88.8 Å². The number of carboxylic acid groups (broad SMARTS) is 1. The van der Waals surface area contributed by atoms with Crippen LogP contribution in [-0.2, 0) is 31.0 Å². The summed E-state index contributed by atoms with van der Waals surface area (Å²) in [6.07, 6.45) is 3.63. The van der Waals surface area contributed by atoms with E-state index in [0.717, 1.165) is 36.8 Å². The summed E-state index contributed by atoms with van der Waals surface area (Å²) in [5.74, 6) is -0.669. The van der Waals surface area contributed by atoms with Crippen LogP contribution in [0.3, 0.4) is 0 Å². The lowest BCUT2D eigenvalue weighted by atomic mass is 9.69. The van der Waals surface area contributed by atoms with Gasteiger partial charge < -0.3 is 19.3 Å². The zero-order chi connectivity index (χ0) is 24.0. The fourth-order valence-corrected chi connectivity index (χ4v) is 5.56.